The summed E-state index contributed by atoms with van der Waals surface area (Å²) < 4.78 is 37.7. The molecule has 0 unspecified atom stereocenters. The van der Waals surface area contributed by atoms with Crippen LogP contribution in [-0.4, -0.2) is 4.98 Å². The molecule has 0 bridgehead atoms. The second-order valence-corrected chi connectivity index (χ2v) is 5.16. The molecule has 100 valence electrons. The molecule has 1 aromatic carbocycles. The van der Waals surface area contributed by atoms with E-state index >= 15 is 0 Å². The smallest absolute Gasteiger partial charge is 0.243 e. The predicted octanol–water partition coefficient (Wildman–Crippen LogP) is 4.77. The van der Waals surface area contributed by atoms with Gasteiger partial charge in [-0.3, -0.25) is 0 Å². The van der Waals surface area contributed by atoms with Crippen molar-refractivity contribution in [2.75, 3.05) is 0 Å². The average molecular weight is 265 g/mol. The minimum Gasteiger partial charge on any atom is -0.243 e. The monoisotopic (exact) mass is 265 g/mol. The molecular weight excluding hydrogens is 251 g/mol. The van der Waals surface area contributed by atoms with Gasteiger partial charge >= 0.3 is 6.18 Å². The highest BCUT2D eigenvalue weighted by molar-refractivity contribution is 5.79. The molecule has 0 radical (unpaired) electrons. The number of hydrogen-bond acceptors (Lipinski definition) is 1. The Balaban J connectivity index is 1.97. The zero-order chi connectivity index (χ0) is 13.6. The lowest BCUT2D eigenvalue weighted by Gasteiger charge is -2.07. The summed E-state index contributed by atoms with van der Waals surface area (Å²) in [5.74, 6) is 1.32. The maximum Gasteiger partial charge on any atom is 0.433 e. The van der Waals surface area contributed by atoms with E-state index in [1.165, 1.54) is 18.1 Å². The highest BCUT2D eigenvalue weighted by atomic mass is 19.4. The lowest BCUT2D eigenvalue weighted by Crippen LogP contribution is -2.07. The van der Waals surface area contributed by atoms with E-state index in [-0.39, 0.29) is 0 Å². The van der Waals surface area contributed by atoms with Crippen molar-refractivity contribution in [3.63, 3.8) is 0 Å². The Kier molecular flexibility index (Phi) is 2.77. The van der Waals surface area contributed by atoms with Crippen molar-refractivity contribution >= 4 is 10.9 Å². The van der Waals surface area contributed by atoms with E-state index in [0.29, 0.717) is 11.4 Å². The van der Waals surface area contributed by atoms with Crippen LogP contribution in [0.15, 0.2) is 30.3 Å². The molecule has 0 aliphatic heterocycles. The number of benzene rings is 1. The number of fused-ring (bicyclic) bond motifs is 1. The van der Waals surface area contributed by atoms with Crippen molar-refractivity contribution in [3.05, 3.63) is 41.6 Å². The van der Waals surface area contributed by atoms with Crippen LogP contribution < -0.4 is 0 Å². The summed E-state index contributed by atoms with van der Waals surface area (Å²) in [7, 11) is 0. The Hall–Kier alpha value is -1.58. The molecule has 3 rings (SSSR count). The van der Waals surface area contributed by atoms with Gasteiger partial charge in [-0.1, -0.05) is 25.5 Å². The fourth-order valence-electron chi connectivity index (χ4n) is 2.64. The predicted molar refractivity (Wildman–Crippen MR) is 67.9 cm³/mol. The first-order valence-corrected chi connectivity index (χ1v) is 6.47. The number of aromatic nitrogens is 1. The third kappa shape index (κ3) is 2.31. The van der Waals surface area contributed by atoms with Crippen molar-refractivity contribution in [2.45, 2.75) is 31.9 Å². The molecule has 1 heterocycles. The van der Waals surface area contributed by atoms with Crippen molar-refractivity contribution in [2.24, 2.45) is 5.92 Å². The third-order valence-corrected chi connectivity index (χ3v) is 3.88. The van der Waals surface area contributed by atoms with Crippen LogP contribution in [0, 0.1) is 5.92 Å². The number of hydrogen-bond donors (Lipinski definition) is 0. The molecule has 2 atom stereocenters. The number of halogens is 3. The summed E-state index contributed by atoms with van der Waals surface area (Å²) in [6.45, 7) is 2.17. The number of rotatable bonds is 2. The molecular formula is C15H14F3N. The summed E-state index contributed by atoms with van der Waals surface area (Å²) in [5.41, 5.74) is 0.804. The van der Waals surface area contributed by atoms with Crippen LogP contribution in [0.5, 0.6) is 0 Å². The van der Waals surface area contributed by atoms with E-state index in [4.69, 9.17) is 0 Å². The molecule has 1 fully saturated rings. The molecule has 1 aromatic heterocycles. The van der Waals surface area contributed by atoms with Gasteiger partial charge in [-0.25, -0.2) is 4.98 Å². The summed E-state index contributed by atoms with van der Waals surface area (Å²) in [4.78, 5) is 3.68. The number of alkyl halides is 3. The van der Waals surface area contributed by atoms with Gasteiger partial charge in [-0.05, 0) is 42.0 Å². The molecule has 0 spiro atoms. The molecule has 0 amide bonds. The van der Waals surface area contributed by atoms with Crippen LogP contribution in [-0.2, 0) is 6.18 Å². The summed E-state index contributed by atoms with van der Waals surface area (Å²) >= 11 is 0. The van der Waals surface area contributed by atoms with Gasteiger partial charge in [0.05, 0.1) is 5.52 Å². The van der Waals surface area contributed by atoms with Crippen LogP contribution in [0.4, 0.5) is 13.2 Å². The topological polar surface area (TPSA) is 12.9 Å². The molecule has 19 heavy (non-hydrogen) atoms. The number of nitrogens with zero attached hydrogens (tertiary/aromatic N) is 1. The Bertz CT molecular complexity index is 618. The average Bonchev–Trinajstić information content (AvgIpc) is 3.16. The first kappa shape index (κ1) is 12.5. The third-order valence-electron chi connectivity index (χ3n) is 3.88. The first-order valence-electron chi connectivity index (χ1n) is 6.47. The second-order valence-electron chi connectivity index (χ2n) is 5.16. The van der Waals surface area contributed by atoms with Crippen molar-refractivity contribution < 1.29 is 13.2 Å². The highest BCUT2D eigenvalue weighted by Crippen LogP contribution is 2.49. The Morgan fingerprint density at radius 3 is 2.63 bits per heavy atom. The van der Waals surface area contributed by atoms with Gasteiger partial charge in [0, 0.05) is 5.39 Å². The largest absolute Gasteiger partial charge is 0.433 e. The minimum absolute atomic E-state index is 0.410. The maximum absolute atomic E-state index is 12.6. The molecule has 0 saturated heterocycles. The zero-order valence-corrected chi connectivity index (χ0v) is 10.5. The second kappa shape index (κ2) is 4.22. The Labute approximate surface area is 109 Å². The summed E-state index contributed by atoms with van der Waals surface area (Å²) in [5, 5.41) is 0.784. The van der Waals surface area contributed by atoms with Crippen LogP contribution in [0.1, 0.15) is 36.9 Å². The molecule has 1 aliphatic rings. The van der Waals surface area contributed by atoms with Crippen LogP contribution in [0.2, 0.25) is 0 Å². The van der Waals surface area contributed by atoms with Crippen molar-refractivity contribution in [1.29, 1.82) is 0 Å². The van der Waals surface area contributed by atoms with Gasteiger partial charge in [-0.2, -0.15) is 13.2 Å². The molecule has 0 N–H and O–H groups in total. The molecule has 1 saturated carbocycles. The highest BCUT2D eigenvalue weighted by Gasteiger charge is 2.36. The quantitative estimate of drug-likeness (QED) is 0.762. The van der Waals surface area contributed by atoms with Crippen LogP contribution >= 0.6 is 0 Å². The Morgan fingerprint density at radius 1 is 1.21 bits per heavy atom. The van der Waals surface area contributed by atoms with E-state index in [1.807, 2.05) is 12.1 Å². The molecule has 1 nitrogen and oxygen atoms in total. The van der Waals surface area contributed by atoms with Crippen LogP contribution in [0.3, 0.4) is 0 Å². The van der Waals surface area contributed by atoms with Crippen LogP contribution in [0.25, 0.3) is 10.9 Å². The lowest BCUT2D eigenvalue weighted by atomic mass is 10.0. The van der Waals surface area contributed by atoms with Gasteiger partial charge in [0.25, 0.3) is 0 Å². The van der Waals surface area contributed by atoms with Gasteiger partial charge in [0.15, 0.2) is 0 Å². The SMILES string of the molecule is CC[C@H]1C[C@@H]1c1ccc2nc(C(F)(F)F)ccc2c1. The van der Waals surface area contributed by atoms with E-state index in [2.05, 4.69) is 11.9 Å². The van der Waals surface area contributed by atoms with E-state index in [1.54, 1.807) is 6.07 Å². The Morgan fingerprint density at radius 2 is 2.00 bits per heavy atom. The van der Waals surface area contributed by atoms with E-state index in [0.717, 1.165) is 23.8 Å². The summed E-state index contributed by atoms with van der Waals surface area (Å²) in [6.07, 6.45) is -2.03. The van der Waals surface area contributed by atoms with Crippen molar-refractivity contribution in [1.82, 2.24) is 4.98 Å². The van der Waals surface area contributed by atoms with Gasteiger partial charge in [0.2, 0.25) is 0 Å². The zero-order valence-electron chi connectivity index (χ0n) is 10.5. The van der Waals surface area contributed by atoms with E-state index < -0.39 is 11.9 Å². The molecule has 4 heteroatoms. The van der Waals surface area contributed by atoms with Gasteiger partial charge in [0.1, 0.15) is 5.69 Å². The fraction of sp³-hybridized carbons (Fsp3) is 0.400. The fourth-order valence-corrected chi connectivity index (χ4v) is 2.64. The standard InChI is InChI=1S/C15H14F3N/c1-2-9-8-12(9)10-3-5-13-11(7-10)4-6-14(19-13)15(16,17)18/h3-7,9,12H,2,8H2,1H3/t9-,12-/m0/s1. The normalized spacial score (nSPS) is 22.7. The minimum atomic E-state index is -4.38. The molecule has 1 aliphatic carbocycles. The van der Waals surface area contributed by atoms with E-state index in [9.17, 15) is 13.2 Å². The van der Waals surface area contributed by atoms with Crippen molar-refractivity contribution in [3.8, 4) is 0 Å². The lowest BCUT2D eigenvalue weighted by molar-refractivity contribution is -0.140. The number of pyridine rings is 1. The maximum atomic E-state index is 12.6. The molecule has 2 aromatic rings. The van der Waals surface area contributed by atoms with Gasteiger partial charge in [-0.15, -0.1) is 0 Å². The summed E-state index contributed by atoms with van der Waals surface area (Å²) in [6, 6.07) is 8.15. The van der Waals surface area contributed by atoms with Gasteiger partial charge < -0.3 is 0 Å². The first-order chi connectivity index (χ1) is 8.99.